The van der Waals surface area contributed by atoms with Gasteiger partial charge in [0.2, 0.25) is 0 Å². The summed E-state index contributed by atoms with van der Waals surface area (Å²) in [5, 5.41) is 10.7. The van der Waals surface area contributed by atoms with Crippen molar-refractivity contribution in [3.63, 3.8) is 0 Å². The van der Waals surface area contributed by atoms with E-state index in [4.69, 9.17) is 11.1 Å². The van der Waals surface area contributed by atoms with Crippen LogP contribution in [0.15, 0.2) is 30.6 Å². The highest BCUT2D eigenvalue weighted by Crippen LogP contribution is 2.04. The van der Waals surface area contributed by atoms with E-state index < -0.39 is 0 Å². The first kappa shape index (κ1) is 10.6. The first-order valence-electron chi connectivity index (χ1n) is 5.11. The standard InChI is InChI=1S/C11H15N5/c1-8(12)15(2)16-7-5-10-9(11(16)13)4-3-6-14-10/h3-8,13H,12H2,1-2H3. The average molecular weight is 217 g/mol. The fraction of sp³-hybridized carbons (Fsp3) is 0.273. The smallest absolute Gasteiger partial charge is 0.153 e. The van der Waals surface area contributed by atoms with Gasteiger partial charge in [-0.15, -0.1) is 0 Å². The van der Waals surface area contributed by atoms with Crippen molar-refractivity contribution in [1.82, 2.24) is 9.66 Å². The van der Waals surface area contributed by atoms with E-state index in [2.05, 4.69) is 4.98 Å². The minimum Gasteiger partial charge on any atom is -0.310 e. The van der Waals surface area contributed by atoms with E-state index in [1.807, 2.05) is 32.2 Å². The highest BCUT2D eigenvalue weighted by molar-refractivity contribution is 5.76. The van der Waals surface area contributed by atoms with Crippen LogP contribution in [0.4, 0.5) is 0 Å². The first-order chi connectivity index (χ1) is 7.61. The molecular weight excluding hydrogens is 202 g/mol. The van der Waals surface area contributed by atoms with E-state index >= 15 is 0 Å². The summed E-state index contributed by atoms with van der Waals surface area (Å²) in [6.07, 6.45) is 3.38. The van der Waals surface area contributed by atoms with Crippen molar-refractivity contribution in [2.45, 2.75) is 13.1 Å². The van der Waals surface area contributed by atoms with Crippen LogP contribution in [-0.4, -0.2) is 22.9 Å². The molecule has 0 spiro atoms. The summed E-state index contributed by atoms with van der Waals surface area (Å²) in [5.74, 6) is 0. The number of hydrogen-bond acceptors (Lipinski definition) is 4. The normalized spacial score (nSPS) is 12.7. The molecule has 5 heteroatoms. The van der Waals surface area contributed by atoms with Gasteiger partial charge in [0.05, 0.1) is 11.7 Å². The molecular formula is C11H15N5. The van der Waals surface area contributed by atoms with Gasteiger partial charge >= 0.3 is 0 Å². The zero-order valence-corrected chi connectivity index (χ0v) is 9.38. The van der Waals surface area contributed by atoms with Gasteiger partial charge in [0.1, 0.15) is 0 Å². The van der Waals surface area contributed by atoms with E-state index in [-0.39, 0.29) is 6.17 Å². The van der Waals surface area contributed by atoms with Crippen molar-refractivity contribution in [2.75, 3.05) is 12.1 Å². The predicted molar refractivity (Wildman–Crippen MR) is 63.4 cm³/mol. The topological polar surface area (TPSA) is 70.9 Å². The molecule has 0 aliphatic heterocycles. The lowest BCUT2D eigenvalue weighted by Crippen LogP contribution is -2.48. The molecule has 2 aromatic rings. The largest absolute Gasteiger partial charge is 0.310 e. The second-order valence-electron chi connectivity index (χ2n) is 3.76. The van der Waals surface area contributed by atoms with Crippen molar-refractivity contribution in [3.8, 4) is 0 Å². The van der Waals surface area contributed by atoms with Crippen LogP contribution in [0.3, 0.4) is 0 Å². The number of nitrogens with one attached hydrogen (secondary N) is 1. The van der Waals surface area contributed by atoms with Gasteiger partial charge in [0.25, 0.3) is 0 Å². The number of pyridine rings is 2. The minimum atomic E-state index is -0.150. The molecule has 5 nitrogen and oxygen atoms in total. The molecule has 0 saturated heterocycles. The second kappa shape index (κ2) is 3.94. The van der Waals surface area contributed by atoms with E-state index in [0.717, 1.165) is 10.9 Å². The van der Waals surface area contributed by atoms with Gasteiger partial charge in [-0.1, -0.05) is 0 Å². The Morgan fingerprint density at radius 1 is 1.50 bits per heavy atom. The molecule has 2 rings (SSSR count). The monoisotopic (exact) mass is 217 g/mol. The Balaban J connectivity index is 2.66. The van der Waals surface area contributed by atoms with Crippen molar-refractivity contribution < 1.29 is 0 Å². The highest BCUT2D eigenvalue weighted by Gasteiger charge is 2.06. The van der Waals surface area contributed by atoms with Crippen LogP contribution in [0.1, 0.15) is 6.92 Å². The Labute approximate surface area is 93.6 Å². The maximum absolute atomic E-state index is 8.09. The summed E-state index contributed by atoms with van der Waals surface area (Å²) in [6.45, 7) is 1.87. The van der Waals surface area contributed by atoms with Crippen LogP contribution in [0, 0.1) is 5.41 Å². The van der Waals surface area contributed by atoms with Crippen molar-refractivity contribution in [2.24, 2.45) is 5.73 Å². The zero-order chi connectivity index (χ0) is 11.7. The molecule has 0 aliphatic carbocycles. The van der Waals surface area contributed by atoms with E-state index in [1.165, 1.54) is 0 Å². The summed E-state index contributed by atoms with van der Waals surface area (Å²) in [4.78, 5) is 4.20. The fourth-order valence-electron chi connectivity index (χ4n) is 1.55. The molecule has 2 aromatic heterocycles. The molecule has 0 aromatic carbocycles. The number of hydrogen-bond donors (Lipinski definition) is 2. The molecule has 2 heterocycles. The van der Waals surface area contributed by atoms with Crippen LogP contribution < -0.4 is 16.2 Å². The molecule has 1 atom stereocenters. The van der Waals surface area contributed by atoms with Gasteiger partial charge in [-0.05, 0) is 25.1 Å². The minimum absolute atomic E-state index is 0.150. The van der Waals surface area contributed by atoms with E-state index in [9.17, 15) is 0 Å². The number of nitrogens with zero attached hydrogens (tertiary/aromatic N) is 3. The Kier molecular flexibility index (Phi) is 2.62. The van der Waals surface area contributed by atoms with Crippen molar-refractivity contribution in [3.05, 3.63) is 36.1 Å². The summed E-state index contributed by atoms with van der Waals surface area (Å²) >= 11 is 0. The number of fused-ring (bicyclic) bond motifs is 1. The molecule has 0 fully saturated rings. The summed E-state index contributed by atoms with van der Waals surface area (Å²) in [6, 6.07) is 5.60. The number of rotatable bonds is 2. The molecule has 1 unspecified atom stereocenters. The lowest BCUT2D eigenvalue weighted by molar-refractivity contribution is 0.535. The Hall–Kier alpha value is -1.88. The third kappa shape index (κ3) is 1.65. The number of aromatic nitrogens is 2. The van der Waals surface area contributed by atoms with Crippen LogP contribution in [-0.2, 0) is 0 Å². The fourth-order valence-corrected chi connectivity index (χ4v) is 1.55. The summed E-state index contributed by atoms with van der Waals surface area (Å²) < 4.78 is 1.72. The summed E-state index contributed by atoms with van der Waals surface area (Å²) in [7, 11) is 1.85. The van der Waals surface area contributed by atoms with Gasteiger partial charge in [-0.2, -0.15) is 0 Å². The van der Waals surface area contributed by atoms with E-state index in [0.29, 0.717) is 5.49 Å². The Bertz CT molecular complexity index is 558. The van der Waals surface area contributed by atoms with Crippen LogP contribution in [0.25, 0.3) is 10.9 Å². The predicted octanol–water partition coefficient (Wildman–Crippen LogP) is 0.388. The highest BCUT2D eigenvalue weighted by atomic mass is 15.6. The van der Waals surface area contributed by atoms with Gasteiger partial charge in [-0.25, -0.2) is 4.68 Å². The lowest BCUT2D eigenvalue weighted by atomic mass is 10.3. The van der Waals surface area contributed by atoms with Gasteiger partial charge in [0.15, 0.2) is 5.49 Å². The number of nitrogens with two attached hydrogens (primary N) is 1. The average Bonchev–Trinajstić information content (AvgIpc) is 2.29. The zero-order valence-electron chi connectivity index (χ0n) is 9.38. The summed E-state index contributed by atoms with van der Waals surface area (Å²) in [5.41, 5.74) is 7.00. The van der Waals surface area contributed by atoms with Gasteiger partial charge in [-0.3, -0.25) is 15.4 Å². The quantitative estimate of drug-likeness (QED) is 0.715. The van der Waals surface area contributed by atoms with Gasteiger partial charge < -0.3 is 5.73 Å². The van der Waals surface area contributed by atoms with Crippen LogP contribution in [0.5, 0.6) is 0 Å². The SMILES string of the molecule is CC(N)N(C)n1ccc2ncccc2c1=N. The van der Waals surface area contributed by atoms with Crippen molar-refractivity contribution in [1.29, 1.82) is 5.41 Å². The molecule has 0 amide bonds. The van der Waals surface area contributed by atoms with E-state index in [1.54, 1.807) is 22.1 Å². The third-order valence-electron chi connectivity index (χ3n) is 2.63. The molecule has 84 valence electrons. The molecule has 0 saturated carbocycles. The first-order valence-corrected chi connectivity index (χ1v) is 5.11. The second-order valence-corrected chi connectivity index (χ2v) is 3.76. The molecule has 0 radical (unpaired) electrons. The molecule has 3 N–H and O–H groups in total. The molecule has 0 aliphatic rings. The molecule has 0 bridgehead atoms. The van der Waals surface area contributed by atoms with Gasteiger partial charge in [0, 0.05) is 24.8 Å². The Morgan fingerprint density at radius 3 is 2.94 bits per heavy atom. The third-order valence-corrected chi connectivity index (χ3v) is 2.63. The van der Waals surface area contributed by atoms with Crippen LogP contribution >= 0.6 is 0 Å². The maximum atomic E-state index is 8.09. The van der Waals surface area contributed by atoms with Crippen LogP contribution in [0.2, 0.25) is 0 Å². The molecule has 16 heavy (non-hydrogen) atoms. The van der Waals surface area contributed by atoms with Crippen molar-refractivity contribution >= 4 is 10.9 Å². The Morgan fingerprint density at radius 2 is 2.25 bits per heavy atom. The maximum Gasteiger partial charge on any atom is 0.153 e. The lowest BCUT2D eigenvalue weighted by Gasteiger charge is -2.26.